The number of halogens is 1. The summed E-state index contributed by atoms with van der Waals surface area (Å²) >= 11 is 10.5. The van der Waals surface area contributed by atoms with Gasteiger partial charge in [0.25, 0.3) is 0 Å². The van der Waals surface area contributed by atoms with Crippen molar-refractivity contribution in [2.24, 2.45) is 5.92 Å². The van der Waals surface area contributed by atoms with Crippen LogP contribution < -0.4 is 9.47 Å². The fourth-order valence-corrected chi connectivity index (χ4v) is 5.59. The molecule has 0 saturated heterocycles. The molecule has 0 unspecified atom stereocenters. The molecule has 0 bridgehead atoms. The molecule has 0 aliphatic heterocycles. The molecule has 0 amide bonds. The highest BCUT2D eigenvalue weighted by Gasteiger charge is 2.15. The Labute approximate surface area is 230 Å². The Kier molecular flexibility index (Phi) is 13.4. The first kappa shape index (κ1) is 28.7. The highest BCUT2D eigenvalue weighted by Crippen LogP contribution is 2.38. The third-order valence-corrected chi connectivity index (χ3v) is 8.11. The van der Waals surface area contributed by atoms with Crippen molar-refractivity contribution in [3.05, 3.63) is 71.8 Å². The van der Waals surface area contributed by atoms with Gasteiger partial charge in [0.1, 0.15) is 16.5 Å². The van der Waals surface area contributed by atoms with Crippen LogP contribution in [0, 0.1) is 5.92 Å². The second kappa shape index (κ2) is 16.8. The monoisotopic (exact) mass is 544 g/mol. The van der Waals surface area contributed by atoms with Crippen molar-refractivity contribution in [3.8, 4) is 11.5 Å². The number of benzene rings is 1. The molecule has 3 rings (SSSR count). The summed E-state index contributed by atoms with van der Waals surface area (Å²) in [6.07, 6.45) is 13.5. The van der Waals surface area contributed by atoms with E-state index in [9.17, 15) is 0 Å². The highest BCUT2D eigenvalue weighted by molar-refractivity contribution is 7.99. The highest BCUT2D eigenvalue weighted by atomic mass is 35.5. The summed E-state index contributed by atoms with van der Waals surface area (Å²) in [5.74, 6) is 4.26. The number of nitrogens with zero attached hydrogens (tertiary/aromatic N) is 2. The van der Waals surface area contributed by atoms with E-state index in [1.807, 2.05) is 78.6 Å². The summed E-state index contributed by atoms with van der Waals surface area (Å²) in [6, 6.07) is 12.3. The van der Waals surface area contributed by atoms with Crippen LogP contribution in [0.3, 0.4) is 0 Å². The van der Waals surface area contributed by atoms with E-state index in [-0.39, 0.29) is 0 Å². The van der Waals surface area contributed by atoms with Gasteiger partial charge in [0, 0.05) is 34.6 Å². The number of hydrogen-bond donors (Lipinski definition) is 0. The molecule has 7 heteroatoms. The fourth-order valence-electron chi connectivity index (χ4n) is 3.50. The van der Waals surface area contributed by atoms with Gasteiger partial charge in [0.2, 0.25) is 0 Å². The molecule has 0 radical (unpaired) electrons. The first-order valence-electron chi connectivity index (χ1n) is 12.8. The van der Waals surface area contributed by atoms with E-state index in [0.29, 0.717) is 24.2 Å². The van der Waals surface area contributed by atoms with Crippen LogP contribution in [-0.4, -0.2) is 34.7 Å². The molecular weight excluding hydrogens is 508 g/mol. The van der Waals surface area contributed by atoms with Gasteiger partial charge in [-0.1, -0.05) is 31.5 Å². The second-order valence-electron chi connectivity index (χ2n) is 8.97. The molecule has 3 aromatic rings. The number of hydrogen-bond acceptors (Lipinski definition) is 6. The lowest BCUT2D eigenvalue weighted by molar-refractivity contribution is 0.292. The van der Waals surface area contributed by atoms with Crippen molar-refractivity contribution < 1.29 is 9.47 Å². The van der Waals surface area contributed by atoms with Crippen LogP contribution in [0.15, 0.2) is 71.0 Å². The van der Waals surface area contributed by atoms with E-state index >= 15 is 0 Å². The van der Waals surface area contributed by atoms with Crippen LogP contribution in [0.4, 0.5) is 0 Å². The van der Waals surface area contributed by atoms with Crippen LogP contribution in [-0.2, 0) is 6.42 Å². The SMILES string of the molecule is CC(C)CCc1ccc(OCCCCSc2ccncc2)c(Cl)c1OCCCCSc1ccncc1. The maximum Gasteiger partial charge on any atom is 0.144 e. The van der Waals surface area contributed by atoms with E-state index in [4.69, 9.17) is 21.1 Å². The van der Waals surface area contributed by atoms with Gasteiger partial charge in [-0.25, -0.2) is 0 Å². The summed E-state index contributed by atoms with van der Waals surface area (Å²) in [7, 11) is 0. The third kappa shape index (κ3) is 10.6. The molecule has 2 heterocycles. The molecule has 0 atom stereocenters. The number of unbranched alkanes of at least 4 members (excludes halogenated alkanes) is 2. The molecule has 0 saturated carbocycles. The van der Waals surface area contributed by atoms with Crippen molar-refractivity contribution in [3.63, 3.8) is 0 Å². The lowest BCUT2D eigenvalue weighted by atomic mass is 10.0. The Morgan fingerprint density at radius 1 is 0.750 bits per heavy atom. The van der Waals surface area contributed by atoms with Gasteiger partial charge in [-0.3, -0.25) is 9.97 Å². The Hall–Kier alpha value is -1.89. The zero-order valence-corrected chi connectivity index (χ0v) is 23.7. The minimum absolute atomic E-state index is 0.605. The molecule has 0 N–H and O–H groups in total. The molecule has 36 heavy (non-hydrogen) atoms. The molecule has 4 nitrogen and oxygen atoms in total. The quantitative estimate of drug-likeness (QED) is 0.125. The molecule has 1 aromatic carbocycles. The van der Waals surface area contributed by atoms with E-state index in [1.54, 1.807) is 0 Å². The van der Waals surface area contributed by atoms with Crippen LogP contribution >= 0.6 is 35.1 Å². The van der Waals surface area contributed by atoms with Crippen LogP contribution in [0.1, 0.15) is 51.5 Å². The summed E-state index contributed by atoms with van der Waals surface area (Å²) < 4.78 is 12.3. The molecule has 0 aliphatic carbocycles. The zero-order chi connectivity index (χ0) is 25.4. The lowest BCUT2D eigenvalue weighted by Crippen LogP contribution is -2.05. The average Bonchev–Trinajstić information content (AvgIpc) is 2.90. The van der Waals surface area contributed by atoms with Gasteiger partial charge in [-0.2, -0.15) is 0 Å². The molecule has 194 valence electrons. The normalized spacial score (nSPS) is 11.1. The van der Waals surface area contributed by atoms with Crippen LogP contribution in [0.5, 0.6) is 11.5 Å². The topological polar surface area (TPSA) is 44.2 Å². The van der Waals surface area contributed by atoms with Gasteiger partial charge in [0.15, 0.2) is 0 Å². The lowest BCUT2D eigenvalue weighted by Gasteiger charge is -2.17. The number of aryl methyl sites for hydroxylation is 1. The number of ether oxygens (including phenoxy) is 2. The van der Waals surface area contributed by atoms with E-state index in [0.717, 1.165) is 61.5 Å². The van der Waals surface area contributed by atoms with E-state index in [1.165, 1.54) is 15.4 Å². The minimum atomic E-state index is 0.605. The molecule has 0 aliphatic rings. The van der Waals surface area contributed by atoms with Crippen molar-refractivity contribution >= 4 is 35.1 Å². The van der Waals surface area contributed by atoms with Crippen molar-refractivity contribution in [2.45, 2.75) is 62.2 Å². The number of pyridine rings is 2. The number of rotatable bonds is 17. The summed E-state index contributed by atoms with van der Waals surface area (Å²) in [6.45, 7) is 5.79. The fraction of sp³-hybridized carbons (Fsp3) is 0.448. The first-order valence-corrected chi connectivity index (χ1v) is 15.1. The van der Waals surface area contributed by atoms with Gasteiger partial charge in [0.05, 0.1) is 13.2 Å². The second-order valence-corrected chi connectivity index (χ2v) is 11.7. The summed E-state index contributed by atoms with van der Waals surface area (Å²) in [4.78, 5) is 10.6. The maximum absolute atomic E-state index is 6.80. The standard InChI is InChI=1S/C29H37ClN2O2S2/c1-23(2)7-8-24-9-10-27(33-19-3-5-21-35-25-11-15-31-16-12-25)28(30)29(24)34-20-4-6-22-36-26-13-17-32-18-14-26/h9-18,23H,3-8,19-22H2,1-2H3. The predicted molar refractivity (Wildman–Crippen MR) is 154 cm³/mol. The van der Waals surface area contributed by atoms with Gasteiger partial charge in [-0.05, 0) is 91.8 Å². The zero-order valence-electron chi connectivity index (χ0n) is 21.3. The molecule has 0 fully saturated rings. The number of aromatic nitrogens is 2. The van der Waals surface area contributed by atoms with Crippen molar-refractivity contribution in [2.75, 3.05) is 24.7 Å². The Morgan fingerprint density at radius 2 is 1.31 bits per heavy atom. The van der Waals surface area contributed by atoms with Gasteiger partial charge >= 0.3 is 0 Å². The Morgan fingerprint density at radius 3 is 1.86 bits per heavy atom. The van der Waals surface area contributed by atoms with Crippen LogP contribution in [0.2, 0.25) is 5.02 Å². The first-order chi connectivity index (χ1) is 17.6. The van der Waals surface area contributed by atoms with E-state index in [2.05, 4.69) is 29.9 Å². The third-order valence-electron chi connectivity index (χ3n) is 5.55. The Balaban J connectivity index is 1.45. The van der Waals surface area contributed by atoms with Gasteiger partial charge in [-0.15, -0.1) is 23.5 Å². The molecular formula is C29H37ClN2O2S2. The summed E-state index contributed by atoms with van der Waals surface area (Å²) in [5.41, 5.74) is 1.17. The van der Waals surface area contributed by atoms with Crippen molar-refractivity contribution in [1.82, 2.24) is 9.97 Å². The maximum atomic E-state index is 6.80. The van der Waals surface area contributed by atoms with Crippen molar-refractivity contribution in [1.29, 1.82) is 0 Å². The molecule has 2 aromatic heterocycles. The Bertz CT molecular complexity index is 1010. The predicted octanol–water partition coefficient (Wildman–Crippen LogP) is 8.62. The smallest absolute Gasteiger partial charge is 0.144 e. The van der Waals surface area contributed by atoms with Gasteiger partial charge < -0.3 is 9.47 Å². The average molecular weight is 545 g/mol. The largest absolute Gasteiger partial charge is 0.492 e. The van der Waals surface area contributed by atoms with Crippen LogP contribution in [0.25, 0.3) is 0 Å². The number of thioether (sulfide) groups is 2. The minimum Gasteiger partial charge on any atom is -0.492 e. The summed E-state index contributed by atoms with van der Waals surface area (Å²) in [5, 5.41) is 0.605. The van der Waals surface area contributed by atoms with E-state index < -0.39 is 0 Å². The molecule has 0 spiro atoms.